The third-order valence-electron chi connectivity index (χ3n) is 3.30. The first-order valence-electron chi connectivity index (χ1n) is 4.99. The van der Waals surface area contributed by atoms with Crippen LogP contribution in [0.4, 0.5) is 0 Å². The third-order valence-corrected chi connectivity index (χ3v) is 3.30. The smallest absolute Gasteiger partial charge is 0.314 e. The van der Waals surface area contributed by atoms with Crippen molar-refractivity contribution in [3.63, 3.8) is 0 Å². The first-order valence-corrected chi connectivity index (χ1v) is 4.99. The zero-order valence-electron chi connectivity index (χ0n) is 8.86. The van der Waals surface area contributed by atoms with Crippen molar-refractivity contribution in [3.05, 3.63) is 29.8 Å². The molecule has 0 aromatic heterocycles. The quantitative estimate of drug-likeness (QED) is 0.823. The zero-order chi connectivity index (χ0) is 11.1. The molecule has 2 atom stereocenters. The van der Waals surface area contributed by atoms with Gasteiger partial charge in [-0.1, -0.05) is 19.1 Å². The van der Waals surface area contributed by atoms with E-state index in [-0.39, 0.29) is 5.92 Å². The summed E-state index contributed by atoms with van der Waals surface area (Å²) in [4.78, 5) is 11.2. The molecule has 0 heterocycles. The Morgan fingerprint density at radius 3 is 2.33 bits per heavy atom. The van der Waals surface area contributed by atoms with Gasteiger partial charge in [-0.15, -0.1) is 0 Å². The molecule has 1 aliphatic rings. The summed E-state index contributed by atoms with van der Waals surface area (Å²) < 4.78 is 5.04. The summed E-state index contributed by atoms with van der Waals surface area (Å²) in [7, 11) is 1.60. The first-order chi connectivity index (χ1) is 7.11. The normalized spacial score (nSPS) is 28.5. The van der Waals surface area contributed by atoms with Gasteiger partial charge in [-0.3, -0.25) is 4.79 Å². The Kier molecular flexibility index (Phi) is 2.18. The van der Waals surface area contributed by atoms with E-state index in [2.05, 4.69) is 0 Å². The summed E-state index contributed by atoms with van der Waals surface area (Å²) in [5.74, 6) is 0.260. The van der Waals surface area contributed by atoms with Crippen LogP contribution in [-0.4, -0.2) is 18.2 Å². The molecule has 1 fully saturated rings. The number of hydrogen-bond donors (Lipinski definition) is 1. The Morgan fingerprint density at radius 1 is 1.47 bits per heavy atom. The van der Waals surface area contributed by atoms with Gasteiger partial charge in [0, 0.05) is 0 Å². The molecule has 0 bridgehead atoms. The number of ether oxygens (including phenoxy) is 1. The SMILES string of the molecule is COc1ccc(C2(C(=O)O)CC2C)cc1. The second kappa shape index (κ2) is 3.26. The second-order valence-electron chi connectivity index (χ2n) is 4.11. The van der Waals surface area contributed by atoms with Crippen molar-refractivity contribution in [1.29, 1.82) is 0 Å². The van der Waals surface area contributed by atoms with Gasteiger partial charge >= 0.3 is 5.97 Å². The van der Waals surface area contributed by atoms with Crippen molar-refractivity contribution in [2.24, 2.45) is 5.92 Å². The molecule has 0 amide bonds. The number of benzene rings is 1. The molecular weight excluding hydrogens is 192 g/mol. The lowest BCUT2D eigenvalue weighted by atomic mass is 9.94. The maximum absolute atomic E-state index is 11.2. The maximum atomic E-state index is 11.2. The van der Waals surface area contributed by atoms with Crippen LogP contribution < -0.4 is 4.74 Å². The molecule has 1 N–H and O–H groups in total. The van der Waals surface area contributed by atoms with E-state index in [0.717, 1.165) is 17.7 Å². The Labute approximate surface area is 88.7 Å². The molecule has 0 aliphatic heterocycles. The minimum Gasteiger partial charge on any atom is -0.497 e. The number of hydrogen-bond acceptors (Lipinski definition) is 2. The van der Waals surface area contributed by atoms with Gasteiger partial charge in [-0.05, 0) is 30.0 Å². The molecule has 3 nitrogen and oxygen atoms in total. The van der Waals surface area contributed by atoms with Crippen LogP contribution in [0.3, 0.4) is 0 Å². The van der Waals surface area contributed by atoms with E-state index >= 15 is 0 Å². The summed E-state index contributed by atoms with van der Waals surface area (Å²) in [5, 5.41) is 9.22. The van der Waals surface area contributed by atoms with Crippen molar-refractivity contribution >= 4 is 5.97 Å². The zero-order valence-corrected chi connectivity index (χ0v) is 8.86. The van der Waals surface area contributed by atoms with Crippen LogP contribution in [0, 0.1) is 5.92 Å². The molecule has 0 saturated heterocycles. The molecule has 0 radical (unpaired) electrons. The van der Waals surface area contributed by atoms with E-state index in [4.69, 9.17) is 4.74 Å². The van der Waals surface area contributed by atoms with E-state index < -0.39 is 11.4 Å². The number of carbonyl (C=O) groups is 1. The fraction of sp³-hybridized carbons (Fsp3) is 0.417. The molecule has 2 unspecified atom stereocenters. The highest BCUT2D eigenvalue weighted by Gasteiger charge is 2.58. The highest BCUT2D eigenvalue weighted by molar-refractivity contribution is 5.85. The summed E-state index contributed by atoms with van der Waals surface area (Å²) in [6.45, 7) is 1.97. The fourth-order valence-electron chi connectivity index (χ4n) is 2.14. The van der Waals surface area contributed by atoms with E-state index in [1.54, 1.807) is 7.11 Å². The Hall–Kier alpha value is -1.51. The highest BCUT2D eigenvalue weighted by atomic mass is 16.5. The summed E-state index contributed by atoms with van der Waals surface area (Å²) in [5.41, 5.74) is 0.231. The summed E-state index contributed by atoms with van der Waals surface area (Å²) >= 11 is 0. The van der Waals surface area contributed by atoms with Gasteiger partial charge in [-0.25, -0.2) is 0 Å². The Morgan fingerprint density at radius 2 is 2.00 bits per heavy atom. The Balaban J connectivity index is 2.33. The maximum Gasteiger partial charge on any atom is 0.314 e. The lowest BCUT2D eigenvalue weighted by Crippen LogP contribution is -2.21. The largest absolute Gasteiger partial charge is 0.497 e. The van der Waals surface area contributed by atoms with Gasteiger partial charge in [-0.2, -0.15) is 0 Å². The number of methoxy groups -OCH3 is 1. The molecule has 80 valence electrons. The van der Waals surface area contributed by atoms with Gasteiger partial charge < -0.3 is 9.84 Å². The van der Waals surface area contributed by atoms with Gasteiger partial charge in [0.15, 0.2) is 0 Å². The van der Waals surface area contributed by atoms with Crippen molar-refractivity contribution < 1.29 is 14.6 Å². The average molecular weight is 206 g/mol. The lowest BCUT2D eigenvalue weighted by molar-refractivity contribution is -0.140. The predicted octanol–water partition coefficient (Wildman–Crippen LogP) is 2.06. The Bertz CT molecular complexity index is 382. The number of aliphatic carboxylic acids is 1. The number of carboxylic acids is 1. The molecule has 3 heteroatoms. The molecule has 1 aromatic carbocycles. The first kappa shape index (κ1) is 10.0. The molecule has 1 aliphatic carbocycles. The number of carboxylic acid groups (broad SMARTS) is 1. The van der Waals surface area contributed by atoms with Crippen LogP contribution in [0.1, 0.15) is 18.9 Å². The minimum absolute atomic E-state index is 0.225. The third kappa shape index (κ3) is 1.39. The van der Waals surface area contributed by atoms with Crippen LogP contribution in [0.2, 0.25) is 0 Å². The fourth-order valence-corrected chi connectivity index (χ4v) is 2.14. The lowest BCUT2D eigenvalue weighted by Gasteiger charge is -2.12. The van der Waals surface area contributed by atoms with Crippen LogP contribution in [0.5, 0.6) is 5.75 Å². The van der Waals surface area contributed by atoms with E-state index in [1.807, 2.05) is 31.2 Å². The average Bonchev–Trinajstić information content (AvgIpc) is 2.92. The molecular formula is C12H14O3. The predicted molar refractivity (Wildman–Crippen MR) is 56.1 cm³/mol. The van der Waals surface area contributed by atoms with Crippen molar-refractivity contribution in [2.75, 3.05) is 7.11 Å². The topological polar surface area (TPSA) is 46.5 Å². The highest BCUT2D eigenvalue weighted by Crippen LogP contribution is 2.54. The van der Waals surface area contributed by atoms with Gasteiger partial charge in [0.25, 0.3) is 0 Å². The number of rotatable bonds is 3. The van der Waals surface area contributed by atoms with Crippen molar-refractivity contribution in [2.45, 2.75) is 18.8 Å². The van der Waals surface area contributed by atoms with Crippen molar-refractivity contribution in [3.8, 4) is 5.75 Å². The van der Waals surface area contributed by atoms with Crippen LogP contribution in [0.15, 0.2) is 24.3 Å². The van der Waals surface area contributed by atoms with E-state index in [9.17, 15) is 9.90 Å². The van der Waals surface area contributed by atoms with Crippen molar-refractivity contribution in [1.82, 2.24) is 0 Å². The summed E-state index contributed by atoms with van der Waals surface area (Å²) in [6.07, 6.45) is 0.731. The summed E-state index contributed by atoms with van der Waals surface area (Å²) in [6, 6.07) is 7.31. The van der Waals surface area contributed by atoms with E-state index in [1.165, 1.54) is 0 Å². The van der Waals surface area contributed by atoms with Crippen LogP contribution in [0.25, 0.3) is 0 Å². The van der Waals surface area contributed by atoms with Crippen LogP contribution in [-0.2, 0) is 10.2 Å². The molecule has 1 saturated carbocycles. The van der Waals surface area contributed by atoms with Gasteiger partial charge in [0.2, 0.25) is 0 Å². The second-order valence-corrected chi connectivity index (χ2v) is 4.11. The standard InChI is InChI=1S/C12H14O3/c1-8-7-12(8,11(13)14)9-3-5-10(15-2)6-4-9/h3-6,8H,7H2,1-2H3,(H,13,14). The molecule has 15 heavy (non-hydrogen) atoms. The molecule has 0 spiro atoms. The molecule has 1 aromatic rings. The minimum atomic E-state index is -0.722. The van der Waals surface area contributed by atoms with Gasteiger partial charge in [0.05, 0.1) is 12.5 Å². The monoisotopic (exact) mass is 206 g/mol. The van der Waals surface area contributed by atoms with Crippen LogP contribution >= 0.6 is 0 Å². The van der Waals surface area contributed by atoms with E-state index in [0.29, 0.717) is 0 Å². The van der Waals surface area contributed by atoms with Gasteiger partial charge in [0.1, 0.15) is 5.75 Å². The molecule has 2 rings (SSSR count).